The number of benzene rings is 1. The van der Waals surface area contributed by atoms with Gasteiger partial charge in [-0.25, -0.2) is 4.98 Å². The van der Waals surface area contributed by atoms with Crippen molar-refractivity contribution >= 4 is 28.6 Å². The Hall–Kier alpha value is -2.26. The van der Waals surface area contributed by atoms with Crippen LogP contribution in [0.5, 0.6) is 5.75 Å². The van der Waals surface area contributed by atoms with E-state index in [0.717, 1.165) is 34.3 Å². The van der Waals surface area contributed by atoms with E-state index in [2.05, 4.69) is 27.3 Å². The van der Waals surface area contributed by atoms with Gasteiger partial charge in [-0.15, -0.1) is 22.7 Å². The van der Waals surface area contributed by atoms with E-state index in [1.807, 2.05) is 35.0 Å². The van der Waals surface area contributed by atoms with E-state index in [-0.39, 0.29) is 11.9 Å². The Labute approximate surface area is 178 Å². The van der Waals surface area contributed by atoms with E-state index in [1.165, 1.54) is 11.3 Å². The molecule has 0 radical (unpaired) electrons. The highest BCUT2D eigenvalue weighted by molar-refractivity contribution is 7.20. The predicted molar refractivity (Wildman–Crippen MR) is 116 cm³/mol. The van der Waals surface area contributed by atoms with Gasteiger partial charge in [0, 0.05) is 25.0 Å². The monoisotopic (exact) mass is 429 g/mol. The number of amides is 1. The highest BCUT2D eigenvalue weighted by atomic mass is 32.1. The van der Waals surface area contributed by atoms with Crippen molar-refractivity contribution in [1.82, 2.24) is 15.2 Å². The quantitative estimate of drug-likeness (QED) is 0.621. The van der Waals surface area contributed by atoms with Gasteiger partial charge in [0.1, 0.15) is 16.5 Å². The summed E-state index contributed by atoms with van der Waals surface area (Å²) in [5.41, 5.74) is 1.61. The summed E-state index contributed by atoms with van der Waals surface area (Å²) >= 11 is 3.12. The molecular formula is C21H23N3O3S2. The Morgan fingerprint density at radius 1 is 1.24 bits per heavy atom. The van der Waals surface area contributed by atoms with Crippen LogP contribution in [0.2, 0.25) is 0 Å². The first-order chi connectivity index (χ1) is 14.2. The summed E-state index contributed by atoms with van der Waals surface area (Å²) in [4.78, 5) is 20.7. The van der Waals surface area contributed by atoms with Crippen LogP contribution in [0.15, 0.2) is 47.2 Å². The van der Waals surface area contributed by atoms with Crippen molar-refractivity contribution in [3.63, 3.8) is 0 Å². The minimum Gasteiger partial charge on any atom is -0.497 e. The minimum absolute atomic E-state index is 0.0733. The molecule has 1 atom stereocenters. The molecule has 0 saturated carbocycles. The largest absolute Gasteiger partial charge is 0.497 e. The third-order valence-corrected chi connectivity index (χ3v) is 6.79. The molecule has 29 heavy (non-hydrogen) atoms. The summed E-state index contributed by atoms with van der Waals surface area (Å²) in [6.45, 7) is 3.60. The Morgan fingerprint density at radius 3 is 2.72 bits per heavy atom. The number of ether oxygens (including phenoxy) is 2. The predicted octanol–water partition coefficient (Wildman–Crippen LogP) is 3.68. The van der Waals surface area contributed by atoms with Gasteiger partial charge in [-0.05, 0) is 29.1 Å². The first kappa shape index (κ1) is 20.0. The lowest BCUT2D eigenvalue weighted by Crippen LogP contribution is -2.43. The number of nitrogens with zero attached hydrogens (tertiary/aromatic N) is 2. The molecule has 1 N–H and O–H groups in total. The summed E-state index contributed by atoms with van der Waals surface area (Å²) in [7, 11) is 1.66. The molecule has 0 aliphatic carbocycles. The van der Waals surface area contributed by atoms with Gasteiger partial charge in [-0.2, -0.15) is 0 Å². The molecule has 0 bridgehead atoms. The molecule has 8 heteroatoms. The SMILES string of the molecule is COc1ccc([C@H](CNC(=O)c2csc(-c3cccs3)n2)N2CCOCC2)cc1. The number of thiophene rings is 1. The first-order valence-electron chi connectivity index (χ1n) is 9.48. The third kappa shape index (κ3) is 4.84. The van der Waals surface area contributed by atoms with Crippen LogP contribution in [-0.2, 0) is 4.74 Å². The molecule has 1 fully saturated rings. The molecule has 152 valence electrons. The van der Waals surface area contributed by atoms with Crippen LogP contribution in [0.1, 0.15) is 22.1 Å². The van der Waals surface area contributed by atoms with Crippen LogP contribution < -0.4 is 10.1 Å². The molecule has 2 aromatic heterocycles. The number of hydrogen-bond acceptors (Lipinski definition) is 7. The van der Waals surface area contributed by atoms with Crippen molar-refractivity contribution in [3.05, 3.63) is 58.4 Å². The lowest BCUT2D eigenvalue weighted by atomic mass is 10.0. The summed E-state index contributed by atoms with van der Waals surface area (Å²) in [6.07, 6.45) is 0. The smallest absolute Gasteiger partial charge is 0.270 e. The molecule has 4 rings (SSSR count). The Balaban J connectivity index is 1.46. The maximum atomic E-state index is 12.7. The molecular weight excluding hydrogens is 406 g/mol. The summed E-state index contributed by atoms with van der Waals surface area (Å²) in [5, 5.41) is 7.79. The third-order valence-electron chi connectivity index (χ3n) is 4.91. The fourth-order valence-electron chi connectivity index (χ4n) is 3.34. The molecule has 3 aromatic rings. The number of morpholine rings is 1. The van der Waals surface area contributed by atoms with Crippen LogP contribution >= 0.6 is 22.7 Å². The van der Waals surface area contributed by atoms with Crippen LogP contribution in [0.4, 0.5) is 0 Å². The average molecular weight is 430 g/mol. The fraction of sp³-hybridized carbons (Fsp3) is 0.333. The van der Waals surface area contributed by atoms with E-state index in [9.17, 15) is 4.79 Å². The zero-order chi connectivity index (χ0) is 20.1. The maximum Gasteiger partial charge on any atom is 0.270 e. The maximum absolute atomic E-state index is 12.7. The molecule has 0 unspecified atom stereocenters. The molecule has 1 amide bonds. The molecule has 1 saturated heterocycles. The van der Waals surface area contributed by atoms with E-state index < -0.39 is 0 Å². The first-order valence-corrected chi connectivity index (χ1v) is 11.2. The Kier molecular flexibility index (Phi) is 6.56. The highest BCUT2D eigenvalue weighted by Gasteiger charge is 2.24. The van der Waals surface area contributed by atoms with Crippen molar-refractivity contribution < 1.29 is 14.3 Å². The summed E-state index contributed by atoms with van der Waals surface area (Å²) in [5.74, 6) is 0.679. The molecule has 1 aliphatic heterocycles. The van der Waals surface area contributed by atoms with Gasteiger partial charge in [-0.1, -0.05) is 18.2 Å². The van der Waals surface area contributed by atoms with Crippen molar-refractivity contribution in [2.75, 3.05) is 40.0 Å². The van der Waals surface area contributed by atoms with Crippen molar-refractivity contribution in [2.45, 2.75) is 6.04 Å². The van der Waals surface area contributed by atoms with E-state index in [1.54, 1.807) is 18.4 Å². The summed E-state index contributed by atoms with van der Waals surface area (Å²) < 4.78 is 10.8. The van der Waals surface area contributed by atoms with Crippen molar-refractivity contribution in [2.24, 2.45) is 0 Å². The number of nitrogens with one attached hydrogen (secondary N) is 1. The zero-order valence-corrected chi connectivity index (χ0v) is 17.8. The van der Waals surface area contributed by atoms with Crippen LogP contribution in [-0.4, -0.2) is 55.7 Å². The molecule has 6 nitrogen and oxygen atoms in total. The van der Waals surface area contributed by atoms with Crippen molar-refractivity contribution in [3.8, 4) is 15.6 Å². The van der Waals surface area contributed by atoms with Crippen LogP contribution in [0.25, 0.3) is 9.88 Å². The minimum atomic E-state index is -0.143. The molecule has 3 heterocycles. The summed E-state index contributed by atoms with van der Waals surface area (Å²) in [6, 6.07) is 12.1. The van der Waals surface area contributed by atoms with Gasteiger partial charge in [0.2, 0.25) is 0 Å². The number of methoxy groups -OCH3 is 1. The second kappa shape index (κ2) is 9.49. The number of carbonyl (C=O) groups is 1. The highest BCUT2D eigenvalue weighted by Crippen LogP contribution is 2.28. The number of aromatic nitrogens is 1. The normalized spacial score (nSPS) is 15.8. The second-order valence-corrected chi connectivity index (χ2v) is 8.47. The average Bonchev–Trinajstić information content (AvgIpc) is 3.47. The fourth-order valence-corrected chi connectivity index (χ4v) is 4.96. The van der Waals surface area contributed by atoms with Crippen molar-refractivity contribution in [1.29, 1.82) is 0 Å². The van der Waals surface area contributed by atoms with Gasteiger partial charge in [-0.3, -0.25) is 9.69 Å². The second-order valence-electron chi connectivity index (χ2n) is 6.66. The standard InChI is InChI=1S/C21H23N3O3S2/c1-26-16-6-4-15(5-7-16)18(24-8-10-27-11-9-24)13-22-20(25)17-14-29-21(23-17)19-3-2-12-28-19/h2-7,12,14,18H,8-11,13H2,1H3,(H,22,25)/t18-/m0/s1. The number of hydrogen-bond donors (Lipinski definition) is 1. The number of carbonyl (C=O) groups excluding carboxylic acids is 1. The Bertz CT molecular complexity index is 919. The van der Waals surface area contributed by atoms with Gasteiger partial charge in [0.05, 0.1) is 31.2 Å². The lowest BCUT2D eigenvalue weighted by Gasteiger charge is -2.35. The number of rotatable bonds is 7. The van der Waals surface area contributed by atoms with Crippen LogP contribution in [0.3, 0.4) is 0 Å². The van der Waals surface area contributed by atoms with Gasteiger partial charge in [0.25, 0.3) is 5.91 Å². The number of thiazole rings is 1. The van der Waals surface area contributed by atoms with E-state index in [0.29, 0.717) is 25.5 Å². The van der Waals surface area contributed by atoms with Gasteiger partial charge in [0.15, 0.2) is 0 Å². The van der Waals surface area contributed by atoms with Crippen LogP contribution in [0, 0.1) is 0 Å². The molecule has 1 aliphatic rings. The lowest BCUT2D eigenvalue weighted by molar-refractivity contribution is 0.0162. The molecule has 1 aromatic carbocycles. The van der Waals surface area contributed by atoms with E-state index in [4.69, 9.17) is 9.47 Å². The topological polar surface area (TPSA) is 63.7 Å². The zero-order valence-electron chi connectivity index (χ0n) is 16.2. The van der Waals surface area contributed by atoms with Gasteiger partial charge >= 0.3 is 0 Å². The van der Waals surface area contributed by atoms with Gasteiger partial charge < -0.3 is 14.8 Å². The van der Waals surface area contributed by atoms with E-state index >= 15 is 0 Å². The Morgan fingerprint density at radius 2 is 2.03 bits per heavy atom. The molecule has 0 spiro atoms.